The van der Waals surface area contributed by atoms with Crippen molar-refractivity contribution in [2.75, 3.05) is 36.0 Å². The molecule has 1 fully saturated rings. The predicted molar refractivity (Wildman–Crippen MR) is 121 cm³/mol. The van der Waals surface area contributed by atoms with E-state index in [1.165, 1.54) is 36.4 Å². The number of hydrogen-bond donors (Lipinski definition) is 1. The minimum absolute atomic E-state index is 0.147. The third-order valence-corrected chi connectivity index (χ3v) is 6.67. The molecular weight excluding hydrogens is 434 g/mol. The van der Waals surface area contributed by atoms with Gasteiger partial charge >= 0.3 is 0 Å². The van der Waals surface area contributed by atoms with Crippen LogP contribution in [0.15, 0.2) is 66.9 Å². The van der Waals surface area contributed by atoms with Gasteiger partial charge in [-0.05, 0) is 59.7 Å². The zero-order valence-electron chi connectivity index (χ0n) is 17.4. The standard InChI is InChI=1S/C23H24F2N4O2S/c24-20-3-1-18(2-4-20)17-32(30,31)27-16-19-9-10-26-23(15-19)29-13-11-28(12-14-29)22-7-5-21(25)6-8-22/h1-10,15,27H,11-14,16-17H2. The monoisotopic (exact) mass is 458 g/mol. The molecule has 1 aliphatic rings. The fourth-order valence-electron chi connectivity index (χ4n) is 3.63. The van der Waals surface area contributed by atoms with Gasteiger partial charge in [-0.3, -0.25) is 0 Å². The van der Waals surface area contributed by atoms with Gasteiger partial charge in [0, 0.05) is 44.6 Å². The molecule has 0 radical (unpaired) electrons. The van der Waals surface area contributed by atoms with Gasteiger partial charge in [-0.2, -0.15) is 0 Å². The molecule has 32 heavy (non-hydrogen) atoms. The van der Waals surface area contributed by atoms with E-state index in [9.17, 15) is 17.2 Å². The Morgan fingerprint density at radius 1 is 0.812 bits per heavy atom. The highest BCUT2D eigenvalue weighted by Gasteiger charge is 2.19. The lowest BCUT2D eigenvalue weighted by Crippen LogP contribution is -2.46. The van der Waals surface area contributed by atoms with E-state index in [4.69, 9.17) is 0 Å². The Hall–Kier alpha value is -3.04. The maximum Gasteiger partial charge on any atom is 0.216 e. The molecule has 4 rings (SSSR count). The first-order valence-electron chi connectivity index (χ1n) is 10.3. The quantitative estimate of drug-likeness (QED) is 0.589. The smallest absolute Gasteiger partial charge is 0.216 e. The van der Waals surface area contributed by atoms with Crippen LogP contribution in [0.3, 0.4) is 0 Å². The first kappa shape index (κ1) is 22.2. The molecule has 1 N–H and O–H groups in total. The summed E-state index contributed by atoms with van der Waals surface area (Å²) in [7, 11) is -3.56. The minimum atomic E-state index is -3.56. The van der Waals surface area contributed by atoms with Crippen LogP contribution in [0.1, 0.15) is 11.1 Å². The molecule has 2 aromatic carbocycles. The Kier molecular flexibility index (Phi) is 6.66. The van der Waals surface area contributed by atoms with Gasteiger partial charge in [-0.1, -0.05) is 12.1 Å². The summed E-state index contributed by atoms with van der Waals surface area (Å²) in [5.74, 6) is -0.0704. The van der Waals surface area contributed by atoms with E-state index in [2.05, 4.69) is 19.5 Å². The molecular formula is C23H24F2N4O2S. The topological polar surface area (TPSA) is 65.5 Å². The highest BCUT2D eigenvalue weighted by Crippen LogP contribution is 2.20. The second-order valence-corrected chi connectivity index (χ2v) is 9.49. The van der Waals surface area contributed by atoms with Crippen LogP contribution < -0.4 is 14.5 Å². The van der Waals surface area contributed by atoms with Crippen LogP contribution in [0.2, 0.25) is 0 Å². The summed E-state index contributed by atoms with van der Waals surface area (Å²) in [5.41, 5.74) is 2.32. The van der Waals surface area contributed by atoms with Gasteiger partial charge in [0.15, 0.2) is 0 Å². The van der Waals surface area contributed by atoms with Crippen molar-refractivity contribution in [3.63, 3.8) is 0 Å². The summed E-state index contributed by atoms with van der Waals surface area (Å²) < 4.78 is 53.5. The molecule has 0 saturated carbocycles. The fraction of sp³-hybridized carbons (Fsp3) is 0.261. The van der Waals surface area contributed by atoms with Crippen LogP contribution >= 0.6 is 0 Å². The first-order chi connectivity index (χ1) is 15.4. The van der Waals surface area contributed by atoms with Gasteiger partial charge in [0.2, 0.25) is 10.0 Å². The summed E-state index contributed by atoms with van der Waals surface area (Å²) in [6.45, 7) is 3.21. The second kappa shape index (κ2) is 9.62. The molecule has 0 amide bonds. The average Bonchev–Trinajstić information content (AvgIpc) is 2.80. The molecule has 0 aliphatic carbocycles. The third kappa shape index (κ3) is 5.80. The molecule has 1 aromatic heterocycles. The Bertz CT molecular complexity index is 1150. The van der Waals surface area contributed by atoms with Gasteiger partial charge < -0.3 is 9.80 Å². The van der Waals surface area contributed by atoms with Gasteiger partial charge in [-0.15, -0.1) is 0 Å². The van der Waals surface area contributed by atoms with Crippen molar-refractivity contribution in [1.29, 1.82) is 0 Å². The summed E-state index contributed by atoms with van der Waals surface area (Å²) in [6, 6.07) is 15.6. The second-order valence-electron chi connectivity index (χ2n) is 7.68. The van der Waals surface area contributed by atoms with Crippen LogP contribution in [0.5, 0.6) is 0 Å². The number of piperazine rings is 1. The van der Waals surface area contributed by atoms with E-state index in [-0.39, 0.29) is 18.1 Å². The summed E-state index contributed by atoms with van der Waals surface area (Å²) in [4.78, 5) is 8.79. The normalized spacial score (nSPS) is 14.6. The zero-order valence-corrected chi connectivity index (χ0v) is 18.2. The van der Waals surface area contributed by atoms with Crippen molar-refractivity contribution < 1.29 is 17.2 Å². The van der Waals surface area contributed by atoms with Crippen LogP contribution in [0, 0.1) is 11.6 Å². The van der Waals surface area contributed by atoms with Crippen molar-refractivity contribution in [2.45, 2.75) is 12.3 Å². The SMILES string of the molecule is O=S(=O)(Cc1ccc(F)cc1)NCc1ccnc(N2CCN(c3ccc(F)cc3)CC2)c1. The molecule has 0 spiro atoms. The van der Waals surface area contributed by atoms with Crippen LogP contribution in [-0.4, -0.2) is 39.6 Å². The highest BCUT2D eigenvalue weighted by molar-refractivity contribution is 7.88. The van der Waals surface area contributed by atoms with E-state index in [1.807, 2.05) is 6.07 Å². The van der Waals surface area contributed by atoms with Gasteiger partial charge in [0.05, 0.1) is 5.75 Å². The van der Waals surface area contributed by atoms with Crippen LogP contribution in [-0.2, 0) is 22.3 Å². The van der Waals surface area contributed by atoms with Crippen molar-refractivity contribution in [2.24, 2.45) is 0 Å². The molecule has 0 bridgehead atoms. The van der Waals surface area contributed by atoms with Gasteiger partial charge in [0.25, 0.3) is 0 Å². The number of sulfonamides is 1. The lowest BCUT2D eigenvalue weighted by Gasteiger charge is -2.36. The fourth-order valence-corrected chi connectivity index (χ4v) is 4.75. The minimum Gasteiger partial charge on any atom is -0.368 e. The number of nitrogens with zero attached hydrogens (tertiary/aromatic N) is 3. The van der Waals surface area contributed by atoms with Crippen molar-refractivity contribution in [1.82, 2.24) is 9.71 Å². The number of benzene rings is 2. The van der Waals surface area contributed by atoms with Gasteiger partial charge in [-0.25, -0.2) is 26.9 Å². The Labute approximate surface area is 186 Å². The molecule has 2 heterocycles. The largest absolute Gasteiger partial charge is 0.368 e. The van der Waals surface area contributed by atoms with Crippen molar-refractivity contribution in [3.8, 4) is 0 Å². The molecule has 6 nitrogen and oxygen atoms in total. The van der Waals surface area contributed by atoms with E-state index in [0.717, 1.165) is 43.2 Å². The maximum atomic E-state index is 13.1. The zero-order chi connectivity index (χ0) is 22.6. The Morgan fingerprint density at radius 3 is 2.06 bits per heavy atom. The van der Waals surface area contributed by atoms with E-state index >= 15 is 0 Å². The molecule has 0 unspecified atom stereocenters. The first-order valence-corrected chi connectivity index (χ1v) is 12.0. The maximum absolute atomic E-state index is 13.1. The number of pyridine rings is 1. The predicted octanol–water partition coefficient (Wildman–Crippen LogP) is 3.31. The molecule has 1 aliphatic heterocycles. The molecule has 9 heteroatoms. The molecule has 168 valence electrons. The van der Waals surface area contributed by atoms with Crippen molar-refractivity contribution >= 4 is 21.5 Å². The van der Waals surface area contributed by atoms with Gasteiger partial charge in [0.1, 0.15) is 17.5 Å². The van der Waals surface area contributed by atoms with E-state index < -0.39 is 15.8 Å². The third-order valence-electron chi connectivity index (χ3n) is 5.37. The molecule has 1 saturated heterocycles. The Balaban J connectivity index is 1.33. The van der Waals surface area contributed by atoms with Crippen LogP contribution in [0.4, 0.5) is 20.3 Å². The summed E-state index contributed by atoms with van der Waals surface area (Å²) in [6.07, 6.45) is 1.67. The number of nitrogens with one attached hydrogen (secondary N) is 1. The lowest BCUT2D eigenvalue weighted by molar-refractivity contribution is 0.580. The summed E-state index contributed by atoms with van der Waals surface area (Å²) >= 11 is 0. The summed E-state index contributed by atoms with van der Waals surface area (Å²) in [5, 5.41) is 0. The number of hydrogen-bond acceptors (Lipinski definition) is 5. The Morgan fingerprint density at radius 2 is 1.41 bits per heavy atom. The molecule has 3 aromatic rings. The van der Waals surface area contributed by atoms with Crippen molar-refractivity contribution in [3.05, 3.63) is 89.6 Å². The molecule has 0 atom stereocenters. The number of anilines is 2. The highest BCUT2D eigenvalue weighted by atomic mass is 32.2. The number of halogens is 2. The lowest BCUT2D eigenvalue weighted by atomic mass is 10.2. The van der Waals surface area contributed by atoms with Crippen LogP contribution in [0.25, 0.3) is 0 Å². The van der Waals surface area contributed by atoms with E-state index in [1.54, 1.807) is 24.4 Å². The number of rotatable bonds is 7. The average molecular weight is 459 g/mol. The van der Waals surface area contributed by atoms with E-state index in [0.29, 0.717) is 5.56 Å². The number of aromatic nitrogens is 1.